The van der Waals surface area contributed by atoms with E-state index in [0.717, 1.165) is 50.6 Å². The van der Waals surface area contributed by atoms with Gasteiger partial charge in [0.1, 0.15) is 11.2 Å². The van der Waals surface area contributed by atoms with E-state index in [1.54, 1.807) is 34.1 Å². The van der Waals surface area contributed by atoms with Crippen molar-refractivity contribution in [2.75, 3.05) is 26.2 Å². The highest BCUT2D eigenvalue weighted by Gasteiger charge is 2.34. The van der Waals surface area contributed by atoms with Crippen LogP contribution in [0.4, 0.5) is 35.9 Å². The van der Waals surface area contributed by atoms with E-state index in [9.17, 15) is 35.9 Å². The Hall–Kier alpha value is -3.00. The number of nitrogens with zero attached hydrogens (tertiary/aromatic N) is 4. The molecule has 2 aromatic carbocycles. The number of alkyl halides is 6. The molecule has 2 aromatic heterocycles. The number of amides is 2. The molecule has 370 valence electrons. The van der Waals surface area contributed by atoms with Crippen molar-refractivity contribution < 1.29 is 45.4 Å². The summed E-state index contributed by atoms with van der Waals surface area (Å²) in [6.07, 6.45) is 2.48. The lowest BCUT2D eigenvalue weighted by molar-refractivity contribution is -0.0337. The molecule has 4 heterocycles. The molecule has 0 unspecified atom stereocenters. The maximum absolute atomic E-state index is 13.1. The Morgan fingerprint density at radius 1 is 0.612 bits per heavy atom. The van der Waals surface area contributed by atoms with Crippen molar-refractivity contribution in [2.45, 2.75) is 163 Å². The summed E-state index contributed by atoms with van der Waals surface area (Å²) in [5.41, 5.74) is -5.98. The summed E-state index contributed by atoms with van der Waals surface area (Å²) in [6, 6.07) is 10.2. The number of likely N-dealkylation sites (tertiary alicyclic amines) is 2. The van der Waals surface area contributed by atoms with Crippen molar-refractivity contribution in [3.05, 3.63) is 66.7 Å². The Kier molecular flexibility index (Phi) is 17.3. The lowest BCUT2D eigenvalue weighted by Gasteiger charge is -2.32. The standard InChI is InChI=1S/C24H30BrF3N2O2S2.C24H31F3N2O2S2/c1-22(2,3)16-11-15(12-17(13-16)34-24(26,27)28)18-19(25)33-20(29-18)14-7-9-30(10-8-14)21(31)32-23(4,5)6;1-22(2,3)17-11-16(12-18(13-17)33-24(25,26)27)19-14-32-20(28-19)15-7-9-29(10-8-15)21(30)31-23(4,5)6/h11-14H,7-10H2,1-6H3;11-15H,7-10H2,1-6H3. The third kappa shape index (κ3) is 16.8. The van der Waals surface area contributed by atoms with E-state index in [2.05, 4.69) is 15.9 Å². The van der Waals surface area contributed by atoms with Gasteiger partial charge in [0.25, 0.3) is 0 Å². The molecule has 4 aromatic rings. The molecule has 2 aliphatic heterocycles. The van der Waals surface area contributed by atoms with Gasteiger partial charge in [0, 0.05) is 64.3 Å². The van der Waals surface area contributed by atoms with Crippen molar-refractivity contribution in [3.8, 4) is 22.5 Å². The normalized spacial score (nSPS) is 16.2. The zero-order valence-electron chi connectivity index (χ0n) is 40.1. The van der Waals surface area contributed by atoms with Gasteiger partial charge < -0.3 is 19.3 Å². The molecule has 0 spiro atoms. The fourth-order valence-electron chi connectivity index (χ4n) is 7.28. The summed E-state index contributed by atoms with van der Waals surface area (Å²) in [7, 11) is 0. The van der Waals surface area contributed by atoms with E-state index in [4.69, 9.17) is 19.4 Å². The molecule has 19 heteroatoms. The Balaban J connectivity index is 0.000000251. The quantitative estimate of drug-likeness (QED) is 0.139. The second-order valence-electron chi connectivity index (χ2n) is 20.8. The molecule has 67 heavy (non-hydrogen) atoms. The van der Waals surface area contributed by atoms with Gasteiger partial charge in [-0.1, -0.05) is 41.5 Å². The lowest BCUT2D eigenvalue weighted by Crippen LogP contribution is -2.41. The summed E-state index contributed by atoms with van der Waals surface area (Å²) in [5.74, 6) is 0.404. The van der Waals surface area contributed by atoms with Gasteiger partial charge >= 0.3 is 23.2 Å². The van der Waals surface area contributed by atoms with Gasteiger partial charge in [0.15, 0.2) is 0 Å². The van der Waals surface area contributed by atoms with Crippen molar-refractivity contribution in [1.29, 1.82) is 0 Å². The minimum Gasteiger partial charge on any atom is -0.444 e. The van der Waals surface area contributed by atoms with Gasteiger partial charge in [-0.2, -0.15) is 26.3 Å². The van der Waals surface area contributed by atoms with Crippen LogP contribution in [0.15, 0.2) is 55.4 Å². The second kappa shape index (κ2) is 21.2. The van der Waals surface area contributed by atoms with Crippen LogP contribution in [0.1, 0.15) is 142 Å². The summed E-state index contributed by atoms with van der Waals surface area (Å²) in [6.45, 7) is 25.3. The Bertz CT molecular complexity index is 2340. The van der Waals surface area contributed by atoms with Crippen molar-refractivity contribution >= 4 is 74.3 Å². The molecule has 2 fully saturated rings. The van der Waals surface area contributed by atoms with Crippen LogP contribution in [0.3, 0.4) is 0 Å². The van der Waals surface area contributed by atoms with E-state index in [0.29, 0.717) is 48.7 Å². The SMILES string of the molecule is CC(C)(C)OC(=O)N1CCC(c2nc(-c3cc(SC(F)(F)F)cc(C(C)(C)C)c3)c(Br)s2)CC1.CC(C)(C)OC(=O)N1CCC(c2nc(-c3cc(SC(F)(F)F)cc(C(C)(C)C)c3)cs2)CC1. The second-order valence-corrected chi connectivity index (χ2v) is 26.3. The molecule has 0 N–H and O–H groups in total. The highest BCUT2D eigenvalue weighted by molar-refractivity contribution is 9.11. The fraction of sp³-hybridized carbons (Fsp3) is 0.583. The first-order valence-corrected chi connectivity index (χ1v) is 26.2. The van der Waals surface area contributed by atoms with Crippen LogP contribution >= 0.6 is 62.1 Å². The third-order valence-corrected chi connectivity index (χ3v) is 15.0. The molecule has 0 bridgehead atoms. The van der Waals surface area contributed by atoms with Crippen LogP contribution in [-0.4, -0.2) is 80.4 Å². The molecule has 0 saturated carbocycles. The predicted molar refractivity (Wildman–Crippen MR) is 264 cm³/mol. The Morgan fingerprint density at radius 2 is 1.01 bits per heavy atom. The zero-order chi connectivity index (χ0) is 50.1. The smallest absolute Gasteiger partial charge is 0.444 e. The van der Waals surface area contributed by atoms with Crippen LogP contribution in [0.25, 0.3) is 22.5 Å². The van der Waals surface area contributed by atoms with E-state index in [1.165, 1.54) is 22.7 Å². The topological polar surface area (TPSA) is 84.9 Å². The number of benzene rings is 2. The highest BCUT2D eigenvalue weighted by atomic mass is 79.9. The maximum atomic E-state index is 13.1. The predicted octanol–water partition coefficient (Wildman–Crippen LogP) is 16.4. The summed E-state index contributed by atoms with van der Waals surface area (Å²) < 4.78 is 90.2. The number of carbonyl (C=O) groups is 2. The fourth-order valence-corrected chi connectivity index (χ4v) is 11.4. The van der Waals surface area contributed by atoms with Gasteiger partial charge in [0.2, 0.25) is 0 Å². The number of hydrogen-bond donors (Lipinski definition) is 0. The number of halogens is 7. The molecule has 8 nitrogen and oxygen atoms in total. The zero-order valence-corrected chi connectivity index (χ0v) is 44.9. The van der Waals surface area contributed by atoms with E-state index < -0.39 is 22.2 Å². The molecular weight excluding hydrogens is 1020 g/mol. The van der Waals surface area contributed by atoms with E-state index >= 15 is 0 Å². The highest BCUT2D eigenvalue weighted by Crippen LogP contribution is 2.45. The number of thiazole rings is 2. The van der Waals surface area contributed by atoms with Crippen molar-refractivity contribution in [2.24, 2.45) is 0 Å². The van der Waals surface area contributed by atoms with Crippen LogP contribution in [0.5, 0.6) is 0 Å². The van der Waals surface area contributed by atoms with Gasteiger partial charge in [-0.05, 0) is 165 Å². The number of ether oxygens (including phenoxy) is 2. The first kappa shape index (κ1) is 54.9. The number of rotatable bonds is 6. The number of carbonyl (C=O) groups excluding carboxylic acids is 2. The van der Waals surface area contributed by atoms with Crippen LogP contribution in [0.2, 0.25) is 0 Å². The van der Waals surface area contributed by atoms with Crippen LogP contribution < -0.4 is 0 Å². The monoisotopic (exact) mass is 1080 g/mol. The summed E-state index contributed by atoms with van der Waals surface area (Å²) >= 11 is 6.44. The molecule has 2 aliphatic rings. The molecular formula is C48H61BrF6N4O4S4. The summed E-state index contributed by atoms with van der Waals surface area (Å²) in [5, 5.41) is 3.80. The lowest BCUT2D eigenvalue weighted by atomic mass is 9.86. The molecule has 0 aliphatic carbocycles. The maximum Gasteiger partial charge on any atom is 0.446 e. The number of hydrogen-bond acceptors (Lipinski definition) is 10. The first-order chi connectivity index (χ1) is 30.6. The van der Waals surface area contributed by atoms with Gasteiger partial charge in [-0.3, -0.25) is 0 Å². The first-order valence-electron chi connectivity index (χ1n) is 22.0. The van der Waals surface area contributed by atoms with Gasteiger partial charge in [-0.15, -0.1) is 22.7 Å². The van der Waals surface area contributed by atoms with Crippen LogP contribution in [0, 0.1) is 0 Å². The molecule has 2 saturated heterocycles. The Morgan fingerprint density at radius 3 is 1.42 bits per heavy atom. The molecule has 0 atom stereocenters. The number of aromatic nitrogens is 2. The van der Waals surface area contributed by atoms with Crippen LogP contribution in [-0.2, 0) is 20.3 Å². The summed E-state index contributed by atoms with van der Waals surface area (Å²) in [4.78, 5) is 38.0. The van der Waals surface area contributed by atoms with Gasteiger partial charge in [-0.25, -0.2) is 19.6 Å². The average Bonchev–Trinajstić information content (AvgIpc) is 3.82. The van der Waals surface area contributed by atoms with Crippen molar-refractivity contribution in [3.63, 3.8) is 0 Å². The largest absolute Gasteiger partial charge is 0.446 e. The molecule has 2 amide bonds. The third-order valence-electron chi connectivity index (χ3n) is 10.7. The average molecular weight is 1080 g/mol. The minimum absolute atomic E-state index is 0.0923. The molecule has 0 radical (unpaired) electrons. The Labute approximate surface area is 415 Å². The van der Waals surface area contributed by atoms with Crippen molar-refractivity contribution in [1.82, 2.24) is 19.8 Å². The van der Waals surface area contributed by atoms with E-state index in [1.807, 2.05) is 101 Å². The number of piperidine rings is 2. The molecule has 6 rings (SSSR count). The van der Waals surface area contributed by atoms with Gasteiger partial charge in [0.05, 0.1) is 25.2 Å². The number of thioether (sulfide) groups is 2. The van der Waals surface area contributed by atoms with E-state index in [-0.39, 0.29) is 68.2 Å². The minimum atomic E-state index is -4.36.